The number of anilines is 1. The molecule has 2 aromatic heterocycles. The molecule has 174 valence electrons. The molecule has 7 nitrogen and oxygen atoms in total. The molecule has 0 unspecified atom stereocenters. The van der Waals surface area contributed by atoms with Crippen LogP contribution in [0.15, 0.2) is 41.3 Å². The van der Waals surface area contributed by atoms with Crippen molar-refractivity contribution in [2.75, 3.05) is 38.1 Å². The average Bonchev–Trinajstić information content (AvgIpc) is 2.78. The largest absolute Gasteiger partial charge is 0.424 e. The molecule has 0 aliphatic carbocycles. The lowest BCUT2D eigenvalue weighted by Gasteiger charge is -2.36. The molecule has 1 fully saturated rings. The Kier molecular flexibility index (Phi) is 6.07. The Morgan fingerprint density at radius 1 is 1.15 bits per heavy atom. The molecule has 1 aliphatic rings. The Balaban J connectivity index is 1.43. The highest BCUT2D eigenvalue weighted by atomic mass is 19.4. The first-order valence-electron chi connectivity index (χ1n) is 10.2. The molecule has 0 saturated carbocycles. The second-order valence-electron chi connectivity index (χ2n) is 7.76. The molecule has 3 heterocycles. The standard InChI is InChI=1S/C22H21F4N5O2/c1-27-20(32)16-5-3-14(11-28-16)31-8-6-30(7-9-31)12-13-2-4-15-17(10-13)29-21(33)18(19(15)23)22(24,25)26/h2-5,10-11H,6-9,12H2,1H3,(H,27,32)(H,29,33). The van der Waals surface area contributed by atoms with Crippen LogP contribution in [0.4, 0.5) is 23.2 Å². The number of carbonyl (C=O) groups excluding carboxylic acids is 1. The van der Waals surface area contributed by atoms with Crippen molar-refractivity contribution >= 4 is 22.5 Å². The zero-order chi connectivity index (χ0) is 23.8. The Bertz CT molecular complexity index is 1230. The smallest absolute Gasteiger partial charge is 0.368 e. The molecule has 0 spiro atoms. The van der Waals surface area contributed by atoms with Crippen molar-refractivity contribution in [2.24, 2.45) is 0 Å². The van der Waals surface area contributed by atoms with Gasteiger partial charge in [-0.1, -0.05) is 6.07 Å². The van der Waals surface area contributed by atoms with E-state index in [0.29, 0.717) is 25.3 Å². The second-order valence-corrected chi connectivity index (χ2v) is 7.76. The molecular weight excluding hydrogens is 442 g/mol. The number of alkyl halides is 3. The van der Waals surface area contributed by atoms with Crippen molar-refractivity contribution in [3.05, 3.63) is 69.5 Å². The van der Waals surface area contributed by atoms with E-state index in [1.165, 1.54) is 12.1 Å². The molecule has 1 amide bonds. The van der Waals surface area contributed by atoms with Crippen molar-refractivity contribution in [3.63, 3.8) is 0 Å². The maximum Gasteiger partial charge on any atom is 0.424 e. The first-order valence-corrected chi connectivity index (χ1v) is 10.2. The van der Waals surface area contributed by atoms with Crippen LogP contribution in [0.2, 0.25) is 0 Å². The molecule has 4 rings (SSSR count). The van der Waals surface area contributed by atoms with Crippen LogP contribution in [-0.2, 0) is 12.7 Å². The number of amides is 1. The van der Waals surface area contributed by atoms with Gasteiger partial charge in [0.2, 0.25) is 0 Å². The van der Waals surface area contributed by atoms with Gasteiger partial charge in [-0.15, -0.1) is 0 Å². The molecule has 33 heavy (non-hydrogen) atoms. The third-order valence-electron chi connectivity index (χ3n) is 5.65. The van der Waals surface area contributed by atoms with E-state index in [1.54, 1.807) is 25.4 Å². The monoisotopic (exact) mass is 463 g/mol. The number of carbonyl (C=O) groups is 1. The van der Waals surface area contributed by atoms with Gasteiger partial charge in [0.15, 0.2) is 5.56 Å². The summed E-state index contributed by atoms with van der Waals surface area (Å²) >= 11 is 0. The minimum Gasteiger partial charge on any atom is -0.368 e. The summed E-state index contributed by atoms with van der Waals surface area (Å²) in [5.74, 6) is -1.81. The van der Waals surface area contributed by atoms with Gasteiger partial charge in [0.25, 0.3) is 11.5 Å². The van der Waals surface area contributed by atoms with Crippen LogP contribution in [0, 0.1) is 5.82 Å². The van der Waals surface area contributed by atoms with E-state index in [9.17, 15) is 27.2 Å². The maximum absolute atomic E-state index is 14.3. The summed E-state index contributed by atoms with van der Waals surface area (Å²) in [5.41, 5.74) is -1.27. The maximum atomic E-state index is 14.3. The minimum atomic E-state index is -5.07. The first kappa shape index (κ1) is 22.7. The van der Waals surface area contributed by atoms with Gasteiger partial charge < -0.3 is 15.2 Å². The molecule has 1 saturated heterocycles. The summed E-state index contributed by atoms with van der Waals surface area (Å²) < 4.78 is 53.2. The van der Waals surface area contributed by atoms with Crippen LogP contribution in [0.3, 0.4) is 0 Å². The van der Waals surface area contributed by atoms with Crippen molar-refractivity contribution in [2.45, 2.75) is 12.7 Å². The van der Waals surface area contributed by atoms with Crippen molar-refractivity contribution in [1.29, 1.82) is 0 Å². The number of H-pyrrole nitrogens is 1. The second kappa shape index (κ2) is 8.81. The molecule has 0 radical (unpaired) electrons. The predicted molar refractivity (Wildman–Crippen MR) is 115 cm³/mol. The molecule has 1 aliphatic heterocycles. The third-order valence-corrected chi connectivity index (χ3v) is 5.65. The van der Waals surface area contributed by atoms with E-state index in [4.69, 9.17) is 0 Å². The fourth-order valence-electron chi connectivity index (χ4n) is 3.91. The molecule has 11 heteroatoms. The number of fused-ring (bicyclic) bond motifs is 1. The number of nitrogens with one attached hydrogen (secondary N) is 2. The minimum absolute atomic E-state index is 0.0314. The van der Waals surface area contributed by atoms with Crippen molar-refractivity contribution < 1.29 is 22.4 Å². The summed E-state index contributed by atoms with van der Waals surface area (Å²) in [4.78, 5) is 34.0. The molecule has 3 aromatic rings. The van der Waals surface area contributed by atoms with Crippen LogP contribution in [0.5, 0.6) is 0 Å². The molecule has 2 N–H and O–H groups in total. The van der Waals surface area contributed by atoms with E-state index < -0.39 is 23.1 Å². The Morgan fingerprint density at radius 3 is 2.48 bits per heavy atom. The van der Waals surface area contributed by atoms with Gasteiger partial charge in [-0.2, -0.15) is 13.2 Å². The predicted octanol–water partition coefficient (Wildman–Crippen LogP) is 2.76. The van der Waals surface area contributed by atoms with Crippen LogP contribution < -0.4 is 15.8 Å². The van der Waals surface area contributed by atoms with Crippen LogP contribution in [0.1, 0.15) is 21.6 Å². The SMILES string of the molecule is CNC(=O)c1ccc(N2CCN(Cc3ccc4c(F)c(C(F)(F)F)c(=O)[nH]c4c3)CC2)cn1. The quantitative estimate of drug-likeness (QED) is 0.582. The lowest BCUT2D eigenvalue weighted by molar-refractivity contribution is -0.140. The molecular formula is C22H21F4N5O2. The highest BCUT2D eigenvalue weighted by Crippen LogP contribution is 2.31. The van der Waals surface area contributed by atoms with Gasteiger partial charge in [0.05, 0.1) is 17.4 Å². The van der Waals surface area contributed by atoms with Crippen LogP contribution >= 0.6 is 0 Å². The van der Waals surface area contributed by atoms with E-state index in [1.807, 2.05) is 6.07 Å². The van der Waals surface area contributed by atoms with Gasteiger partial charge in [-0.25, -0.2) is 9.37 Å². The molecule has 1 aromatic carbocycles. The van der Waals surface area contributed by atoms with E-state index >= 15 is 0 Å². The third kappa shape index (κ3) is 4.68. The summed E-state index contributed by atoms with van der Waals surface area (Å²) in [6.07, 6.45) is -3.41. The zero-order valence-electron chi connectivity index (χ0n) is 17.7. The number of hydrogen-bond acceptors (Lipinski definition) is 5. The lowest BCUT2D eigenvalue weighted by atomic mass is 10.1. The number of hydrogen-bond donors (Lipinski definition) is 2. The lowest BCUT2D eigenvalue weighted by Crippen LogP contribution is -2.46. The molecule has 0 bridgehead atoms. The number of pyridine rings is 2. The average molecular weight is 463 g/mol. The summed E-state index contributed by atoms with van der Waals surface area (Å²) in [6, 6.07) is 7.85. The number of piperazine rings is 1. The van der Waals surface area contributed by atoms with Gasteiger partial charge in [-0.05, 0) is 29.8 Å². The van der Waals surface area contributed by atoms with E-state index in [2.05, 4.69) is 25.1 Å². The Labute approximate surface area is 186 Å². The van der Waals surface area contributed by atoms with E-state index in [-0.39, 0.29) is 16.8 Å². The summed E-state index contributed by atoms with van der Waals surface area (Å²) in [7, 11) is 1.54. The number of benzene rings is 1. The van der Waals surface area contributed by atoms with Crippen molar-refractivity contribution in [1.82, 2.24) is 20.2 Å². The number of nitrogens with zero attached hydrogens (tertiary/aromatic N) is 3. The summed E-state index contributed by atoms with van der Waals surface area (Å²) in [5, 5.41) is 2.25. The van der Waals surface area contributed by atoms with Crippen LogP contribution in [0.25, 0.3) is 10.9 Å². The fraction of sp³-hybridized carbons (Fsp3) is 0.318. The van der Waals surface area contributed by atoms with Gasteiger partial charge >= 0.3 is 6.18 Å². The van der Waals surface area contributed by atoms with Gasteiger partial charge in [0, 0.05) is 45.2 Å². The number of halogens is 4. The number of rotatable bonds is 4. The highest BCUT2D eigenvalue weighted by Gasteiger charge is 2.38. The van der Waals surface area contributed by atoms with Gasteiger partial charge in [-0.3, -0.25) is 14.5 Å². The summed E-state index contributed by atoms with van der Waals surface area (Å²) in [6.45, 7) is 3.37. The van der Waals surface area contributed by atoms with E-state index in [0.717, 1.165) is 24.3 Å². The zero-order valence-corrected chi connectivity index (χ0v) is 17.7. The number of aromatic amines is 1. The van der Waals surface area contributed by atoms with Crippen LogP contribution in [-0.4, -0.2) is 54.0 Å². The topological polar surface area (TPSA) is 81.3 Å². The normalized spacial score (nSPS) is 15.1. The Hall–Kier alpha value is -3.47. The number of aromatic nitrogens is 2. The highest BCUT2D eigenvalue weighted by molar-refractivity contribution is 5.92. The van der Waals surface area contributed by atoms with Gasteiger partial charge in [0.1, 0.15) is 11.5 Å². The first-order chi connectivity index (χ1) is 15.7. The Morgan fingerprint density at radius 2 is 1.88 bits per heavy atom. The molecule has 0 atom stereocenters. The van der Waals surface area contributed by atoms with Crippen molar-refractivity contribution in [3.8, 4) is 0 Å². The fourth-order valence-corrected chi connectivity index (χ4v) is 3.91.